The number of hydrogen-bond donors (Lipinski definition) is 4. The molecular weight excluding hydrogens is 653 g/mol. The Kier molecular flexibility index (Phi) is 8.07. The number of carbonyl (C=O) groups is 2. The molecule has 2 amide bonds. The molecule has 4 N–H and O–H groups in total. The van der Waals surface area contributed by atoms with Gasteiger partial charge in [0, 0.05) is 54.1 Å². The fourth-order valence-corrected chi connectivity index (χ4v) is 7.92. The van der Waals surface area contributed by atoms with Crippen LogP contribution in [0.25, 0.3) is 33.1 Å². The highest BCUT2D eigenvalue weighted by Crippen LogP contribution is 2.45. The number of fused-ring (bicyclic) bond motifs is 6. The van der Waals surface area contributed by atoms with Crippen LogP contribution in [-0.4, -0.2) is 62.9 Å². The zero-order valence-electron chi connectivity index (χ0n) is 28.3. The van der Waals surface area contributed by atoms with E-state index in [2.05, 4.69) is 77.1 Å². The molecule has 258 valence electrons. The molecular formula is C41H36N8O3. The van der Waals surface area contributed by atoms with Gasteiger partial charge in [-0.2, -0.15) is 5.10 Å². The third kappa shape index (κ3) is 5.69. The number of hydrogen-bond acceptors (Lipinski definition) is 7. The number of rotatable bonds is 10. The van der Waals surface area contributed by atoms with Crippen LogP contribution in [0, 0.1) is 0 Å². The van der Waals surface area contributed by atoms with Crippen molar-refractivity contribution in [2.24, 2.45) is 0 Å². The number of aromatic amines is 2. The largest absolute Gasteiger partial charge is 0.449 e. The average molecular weight is 689 g/mol. The minimum Gasteiger partial charge on any atom is -0.449 e. The predicted molar refractivity (Wildman–Crippen MR) is 199 cm³/mol. The first-order valence-electron chi connectivity index (χ1n) is 17.6. The molecule has 0 fully saturated rings. The van der Waals surface area contributed by atoms with Gasteiger partial charge in [0.1, 0.15) is 24.8 Å². The maximum atomic E-state index is 13.9. The molecule has 4 heterocycles. The predicted octanol–water partition coefficient (Wildman–Crippen LogP) is 6.73. The highest BCUT2D eigenvalue weighted by molar-refractivity contribution is 5.91. The summed E-state index contributed by atoms with van der Waals surface area (Å²) in [6.07, 6.45) is 5.57. The highest BCUT2D eigenvalue weighted by Gasteiger charge is 2.33. The third-order valence-corrected chi connectivity index (χ3v) is 10.4. The van der Waals surface area contributed by atoms with Crippen molar-refractivity contribution in [2.45, 2.75) is 30.7 Å². The summed E-state index contributed by atoms with van der Waals surface area (Å²) in [5.74, 6) is 0.595. The second-order valence-electron chi connectivity index (χ2n) is 13.4. The van der Waals surface area contributed by atoms with Crippen molar-refractivity contribution >= 4 is 45.4 Å². The molecule has 0 radical (unpaired) electrons. The van der Waals surface area contributed by atoms with Crippen LogP contribution >= 0.6 is 0 Å². The second kappa shape index (κ2) is 13.3. The van der Waals surface area contributed by atoms with Crippen molar-refractivity contribution in [3.8, 4) is 11.1 Å². The highest BCUT2D eigenvalue weighted by atomic mass is 16.5. The Labute approximate surface area is 299 Å². The number of ether oxygens (including phenoxy) is 1. The summed E-state index contributed by atoms with van der Waals surface area (Å²) in [5, 5.41) is 15.0. The van der Waals surface area contributed by atoms with Gasteiger partial charge in [-0.05, 0) is 51.9 Å². The monoisotopic (exact) mass is 688 g/mol. The molecule has 1 aliphatic heterocycles. The van der Waals surface area contributed by atoms with E-state index in [1.54, 1.807) is 12.5 Å². The molecule has 1 unspecified atom stereocenters. The van der Waals surface area contributed by atoms with Gasteiger partial charge in [0.15, 0.2) is 5.65 Å². The van der Waals surface area contributed by atoms with Crippen molar-refractivity contribution in [1.29, 1.82) is 0 Å². The number of carbonyl (C=O) groups excluding carboxylic acids is 2. The van der Waals surface area contributed by atoms with E-state index >= 15 is 0 Å². The molecule has 0 saturated carbocycles. The van der Waals surface area contributed by atoms with Crippen LogP contribution in [0.5, 0.6) is 0 Å². The smallest absolute Gasteiger partial charge is 0.407 e. The van der Waals surface area contributed by atoms with Gasteiger partial charge in [0.2, 0.25) is 5.91 Å². The first-order valence-corrected chi connectivity index (χ1v) is 17.6. The van der Waals surface area contributed by atoms with Crippen molar-refractivity contribution in [3.05, 3.63) is 138 Å². The molecule has 9 rings (SSSR count). The molecule has 11 heteroatoms. The Hall–Kier alpha value is -6.49. The third-order valence-electron chi connectivity index (χ3n) is 10.4. The zero-order chi connectivity index (χ0) is 35.0. The SMILES string of the molecule is O=C(N[C@@H](Cc1c[nH]c2ccccc12)C(=O)NCCC1CN(c2ncnc3[nH]ncc23)c2ccccc21)OCC1c2ccccc2-c2ccccc21. The van der Waals surface area contributed by atoms with Crippen molar-refractivity contribution in [3.63, 3.8) is 0 Å². The van der Waals surface area contributed by atoms with Gasteiger partial charge in [-0.15, -0.1) is 0 Å². The molecule has 4 aromatic carbocycles. The number of nitrogens with one attached hydrogen (secondary N) is 4. The fraction of sp³-hybridized carbons (Fsp3) is 0.195. The van der Waals surface area contributed by atoms with Crippen LogP contribution < -0.4 is 15.5 Å². The summed E-state index contributed by atoms with van der Waals surface area (Å²) in [5.41, 5.74) is 9.43. The molecule has 7 aromatic rings. The summed E-state index contributed by atoms with van der Waals surface area (Å²) < 4.78 is 5.87. The van der Waals surface area contributed by atoms with Crippen LogP contribution in [0.2, 0.25) is 0 Å². The lowest BCUT2D eigenvalue weighted by Gasteiger charge is -2.21. The number of H-pyrrole nitrogens is 2. The number of nitrogens with zero attached hydrogens (tertiary/aromatic N) is 4. The molecule has 2 atom stereocenters. The summed E-state index contributed by atoms with van der Waals surface area (Å²) >= 11 is 0. The summed E-state index contributed by atoms with van der Waals surface area (Å²) in [4.78, 5) is 41.8. The molecule has 0 saturated heterocycles. The minimum atomic E-state index is -0.849. The number of para-hydroxylation sites is 2. The van der Waals surface area contributed by atoms with Gasteiger partial charge in [-0.25, -0.2) is 14.8 Å². The van der Waals surface area contributed by atoms with Gasteiger partial charge >= 0.3 is 6.09 Å². The van der Waals surface area contributed by atoms with Crippen molar-refractivity contribution in [2.75, 3.05) is 24.6 Å². The van der Waals surface area contributed by atoms with Crippen molar-refractivity contribution in [1.82, 2.24) is 35.8 Å². The molecule has 0 bridgehead atoms. The average Bonchev–Trinajstić information content (AvgIpc) is 3.98. The van der Waals surface area contributed by atoms with Gasteiger partial charge in [-0.1, -0.05) is 84.9 Å². The Morgan fingerprint density at radius 3 is 2.42 bits per heavy atom. The first-order chi connectivity index (χ1) is 25.6. The number of amides is 2. The standard InChI is InChI=1S/C41H36N8O3/c50-40(42-18-17-25-22-49(37-16-8-6-10-28(25)37)39-33-21-46-48-38(33)44-24-45-39)36(19-26-20-43-35-15-7-5-9-27(26)35)47-41(51)52-23-34-31-13-3-1-11-29(31)30-12-2-4-14-32(30)34/h1-16,20-21,24-25,34,36,43H,17-19,22-23H2,(H,42,50)(H,47,51)(H,44,45,46,48)/t25?,36-/m0/s1. The maximum Gasteiger partial charge on any atom is 0.407 e. The van der Waals surface area contributed by atoms with Gasteiger partial charge in [0.05, 0.1) is 11.6 Å². The van der Waals surface area contributed by atoms with Crippen LogP contribution in [0.15, 0.2) is 116 Å². The number of alkyl carbamates (subject to hydrolysis) is 1. The molecule has 52 heavy (non-hydrogen) atoms. The second-order valence-corrected chi connectivity index (χ2v) is 13.4. The number of aromatic nitrogens is 5. The van der Waals surface area contributed by atoms with Crippen molar-refractivity contribution < 1.29 is 14.3 Å². The van der Waals surface area contributed by atoms with E-state index in [1.807, 2.05) is 66.9 Å². The van der Waals surface area contributed by atoms with E-state index in [1.165, 1.54) is 5.56 Å². The first kappa shape index (κ1) is 31.5. The summed E-state index contributed by atoms with van der Waals surface area (Å²) in [6.45, 7) is 1.28. The summed E-state index contributed by atoms with van der Waals surface area (Å²) in [6, 6.07) is 31.8. The van der Waals surface area contributed by atoms with Crippen LogP contribution in [0.1, 0.15) is 40.5 Å². The normalized spacial score (nSPS) is 15.3. The molecule has 2 aliphatic rings. The number of anilines is 2. The fourth-order valence-electron chi connectivity index (χ4n) is 7.92. The lowest BCUT2D eigenvalue weighted by atomic mass is 9.98. The van der Waals surface area contributed by atoms with E-state index in [-0.39, 0.29) is 24.3 Å². The lowest BCUT2D eigenvalue weighted by Crippen LogP contribution is -2.48. The van der Waals surface area contributed by atoms with E-state index in [0.717, 1.165) is 55.6 Å². The maximum absolute atomic E-state index is 13.9. The van der Waals surface area contributed by atoms with Gasteiger partial charge < -0.3 is 25.3 Å². The molecule has 1 aliphatic carbocycles. The van der Waals surface area contributed by atoms with E-state index in [0.29, 0.717) is 31.6 Å². The quantitative estimate of drug-likeness (QED) is 0.125. The van der Waals surface area contributed by atoms with E-state index in [4.69, 9.17) is 4.74 Å². The van der Waals surface area contributed by atoms with E-state index in [9.17, 15) is 9.59 Å². The Bertz CT molecular complexity index is 2390. The van der Waals surface area contributed by atoms with Crippen LogP contribution in [-0.2, 0) is 16.0 Å². The minimum absolute atomic E-state index is 0.0835. The Balaban J connectivity index is 0.897. The molecule has 3 aromatic heterocycles. The number of benzene rings is 4. The van der Waals surface area contributed by atoms with E-state index < -0.39 is 12.1 Å². The zero-order valence-corrected chi connectivity index (χ0v) is 28.3. The van der Waals surface area contributed by atoms with Crippen LogP contribution in [0.4, 0.5) is 16.3 Å². The van der Waals surface area contributed by atoms with Gasteiger partial charge in [0.25, 0.3) is 0 Å². The lowest BCUT2D eigenvalue weighted by molar-refractivity contribution is -0.123. The Morgan fingerprint density at radius 1 is 0.865 bits per heavy atom. The molecule has 11 nitrogen and oxygen atoms in total. The topological polar surface area (TPSA) is 141 Å². The van der Waals surface area contributed by atoms with Crippen LogP contribution in [0.3, 0.4) is 0 Å². The summed E-state index contributed by atoms with van der Waals surface area (Å²) in [7, 11) is 0. The Morgan fingerprint density at radius 2 is 1.60 bits per heavy atom. The van der Waals surface area contributed by atoms with Gasteiger partial charge in [-0.3, -0.25) is 9.89 Å². The molecule has 0 spiro atoms.